The van der Waals surface area contributed by atoms with E-state index in [0.29, 0.717) is 0 Å². The molecule has 0 bridgehead atoms. The number of aliphatic carboxylic acids is 1. The molecule has 0 aliphatic heterocycles. The third-order valence-electron chi connectivity index (χ3n) is 2.27. The zero-order chi connectivity index (χ0) is 9.52. The molecular weight excluding hydrogens is 166 g/mol. The Hall–Kier alpha value is -0.830. The Balaban J connectivity index is 2.28. The summed E-state index contributed by atoms with van der Waals surface area (Å²) in [7, 11) is 0. The Morgan fingerprint density at radius 3 is 3.08 bits per heavy atom. The summed E-state index contributed by atoms with van der Waals surface area (Å²) in [5.41, 5.74) is 0. The van der Waals surface area contributed by atoms with E-state index in [2.05, 4.69) is 17.5 Å². The number of nitrogens with one attached hydrogen (secondary N) is 1. The lowest BCUT2D eigenvalue weighted by Crippen LogP contribution is -2.32. The second kappa shape index (κ2) is 5.75. The number of carboxylic acid groups (broad SMARTS) is 1. The van der Waals surface area contributed by atoms with Crippen molar-refractivity contribution in [1.82, 2.24) is 5.32 Å². The van der Waals surface area contributed by atoms with Crippen LogP contribution >= 0.6 is 0 Å². The van der Waals surface area contributed by atoms with E-state index in [1.807, 2.05) is 0 Å². The highest BCUT2D eigenvalue weighted by Gasteiger charge is 2.07. The zero-order valence-corrected chi connectivity index (χ0v) is 7.83. The molecule has 0 spiro atoms. The molecule has 0 fully saturated rings. The normalized spacial score (nSPS) is 26.0. The number of hydrogen-bond donors (Lipinski definition) is 2. The molecule has 0 aromatic rings. The molecule has 0 radical (unpaired) electrons. The molecular formula is C10H17NO2. The van der Waals surface area contributed by atoms with E-state index in [0.717, 1.165) is 12.8 Å². The van der Waals surface area contributed by atoms with Crippen LogP contribution in [0.25, 0.3) is 0 Å². The molecule has 74 valence electrons. The summed E-state index contributed by atoms with van der Waals surface area (Å²) in [6.45, 7) is 0.0645. The predicted octanol–water partition coefficient (Wildman–Crippen LogP) is 1.55. The first-order chi connectivity index (χ1) is 6.29. The van der Waals surface area contributed by atoms with Crippen LogP contribution in [0.1, 0.15) is 32.1 Å². The molecule has 1 atom stereocenters. The van der Waals surface area contributed by atoms with E-state index in [9.17, 15) is 4.79 Å². The number of hydrogen-bond acceptors (Lipinski definition) is 2. The van der Waals surface area contributed by atoms with E-state index in [-0.39, 0.29) is 12.6 Å². The third kappa shape index (κ3) is 4.68. The maximum Gasteiger partial charge on any atom is 0.317 e. The van der Waals surface area contributed by atoms with Gasteiger partial charge in [-0.1, -0.05) is 25.0 Å². The summed E-state index contributed by atoms with van der Waals surface area (Å²) in [5, 5.41) is 11.5. The standard InChI is InChI=1S/C10H17NO2/c12-10(13)8-11-9-6-4-2-1-3-5-7-9/h4,6,9,11H,1-3,5,7-8H2,(H,12,13)/b6-4-. The number of allylic oxidation sites excluding steroid dienone is 1. The second-order valence-electron chi connectivity index (χ2n) is 3.45. The first kappa shape index (κ1) is 10.3. The van der Waals surface area contributed by atoms with Gasteiger partial charge < -0.3 is 10.4 Å². The Bertz CT molecular complexity index is 189. The molecule has 0 saturated carbocycles. The lowest BCUT2D eigenvalue weighted by atomic mass is 10.0. The Morgan fingerprint density at radius 1 is 1.46 bits per heavy atom. The van der Waals surface area contributed by atoms with Crippen LogP contribution in [0.2, 0.25) is 0 Å². The Labute approximate surface area is 78.8 Å². The average Bonchev–Trinajstić information content (AvgIpc) is 2.01. The smallest absolute Gasteiger partial charge is 0.317 e. The van der Waals surface area contributed by atoms with Crippen LogP contribution in [0.15, 0.2) is 12.2 Å². The molecule has 0 aromatic carbocycles. The molecule has 0 aromatic heterocycles. The van der Waals surface area contributed by atoms with Crippen molar-refractivity contribution in [3.05, 3.63) is 12.2 Å². The molecule has 1 aliphatic rings. The first-order valence-corrected chi connectivity index (χ1v) is 4.91. The van der Waals surface area contributed by atoms with Gasteiger partial charge in [0.1, 0.15) is 0 Å². The van der Waals surface area contributed by atoms with Gasteiger partial charge in [0.05, 0.1) is 6.54 Å². The topological polar surface area (TPSA) is 49.3 Å². The SMILES string of the molecule is O=C(O)CNC1/C=C\CCCCC1. The highest BCUT2D eigenvalue weighted by molar-refractivity contribution is 5.69. The van der Waals surface area contributed by atoms with Gasteiger partial charge in [0.15, 0.2) is 0 Å². The molecule has 1 rings (SSSR count). The van der Waals surface area contributed by atoms with Crippen LogP contribution in [0.5, 0.6) is 0 Å². The minimum atomic E-state index is -0.782. The van der Waals surface area contributed by atoms with Crippen LogP contribution in [-0.2, 0) is 4.79 Å². The third-order valence-corrected chi connectivity index (χ3v) is 2.27. The quantitative estimate of drug-likeness (QED) is 0.653. The average molecular weight is 183 g/mol. The second-order valence-corrected chi connectivity index (χ2v) is 3.45. The maximum absolute atomic E-state index is 10.3. The van der Waals surface area contributed by atoms with Crippen molar-refractivity contribution in [2.24, 2.45) is 0 Å². The summed E-state index contributed by atoms with van der Waals surface area (Å²) < 4.78 is 0. The van der Waals surface area contributed by atoms with Gasteiger partial charge in [-0.3, -0.25) is 4.79 Å². The molecule has 13 heavy (non-hydrogen) atoms. The lowest BCUT2D eigenvalue weighted by molar-refractivity contribution is -0.136. The van der Waals surface area contributed by atoms with Crippen LogP contribution in [0, 0.1) is 0 Å². The van der Waals surface area contributed by atoms with Gasteiger partial charge in [0.25, 0.3) is 0 Å². The van der Waals surface area contributed by atoms with Crippen molar-refractivity contribution in [3.8, 4) is 0 Å². The first-order valence-electron chi connectivity index (χ1n) is 4.91. The van der Waals surface area contributed by atoms with E-state index in [1.165, 1.54) is 19.3 Å². The fraction of sp³-hybridized carbons (Fsp3) is 0.700. The monoisotopic (exact) mass is 183 g/mol. The van der Waals surface area contributed by atoms with Crippen LogP contribution in [-0.4, -0.2) is 23.7 Å². The van der Waals surface area contributed by atoms with Gasteiger partial charge in [-0.05, 0) is 19.3 Å². The van der Waals surface area contributed by atoms with Crippen LogP contribution < -0.4 is 5.32 Å². The molecule has 0 heterocycles. The number of carboxylic acids is 1. The van der Waals surface area contributed by atoms with E-state index in [4.69, 9.17) is 5.11 Å². The fourth-order valence-corrected chi connectivity index (χ4v) is 1.55. The molecule has 2 N–H and O–H groups in total. The van der Waals surface area contributed by atoms with Crippen LogP contribution in [0.3, 0.4) is 0 Å². The number of rotatable bonds is 3. The Kier molecular flexibility index (Phi) is 4.54. The maximum atomic E-state index is 10.3. The molecule has 1 aliphatic carbocycles. The van der Waals surface area contributed by atoms with E-state index in [1.54, 1.807) is 0 Å². The van der Waals surface area contributed by atoms with E-state index >= 15 is 0 Å². The molecule has 0 amide bonds. The van der Waals surface area contributed by atoms with Crippen molar-refractivity contribution in [1.29, 1.82) is 0 Å². The van der Waals surface area contributed by atoms with Crippen molar-refractivity contribution >= 4 is 5.97 Å². The van der Waals surface area contributed by atoms with Crippen molar-refractivity contribution in [3.63, 3.8) is 0 Å². The summed E-state index contributed by atoms with van der Waals surface area (Å²) >= 11 is 0. The Morgan fingerprint density at radius 2 is 2.31 bits per heavy atom. The number of carbonyl (C=O) groups is 1. The fourth-order valence-electron chi connectivity index (χ4n) is 1.55. The van der Waals surface area contributed by atoms with Crippen molar-refractivity contribution in [2.45, 2.75) is 38.1 Å². The highest BCUT2D eigenvalue weighted by atomic mass is 16.4. The summed E-state index contributed by atoms with van der Waals surface area (Å²) in [6.07, 6.45) is 10.2. The molecule has 0 saturated heterocycles. The summed E-state index contributed by atoms with van der Waals surface area (Å²) in [6, 6.07) is 0.261. The van der Waals surface area contributed by atoms with Gasteiger partial charge in [-0.2, -0.15) is 0 Å². The van der Waals surface area contributed by atoms with Gasteiger partial charge in [0, 0.05) is 6.04 Å². The molecule has 3 nitrogen and oxygen atoms in total. The van der Waals surface area contributed by atoms with Crippen molar-refractivity contribution < 1.29 is 9.90 Å². The van der Waals surface area contributed by atoms with E-state index < -0.39 is 5.97 Å². The van der Waals surface area contributed by atoms with Gasteiger partial charge in [-0.25, -0.2) is 0 Å². The van der Waals surface area contributed by atoms with Crippen molar-refractivity contribution in [2.75, 3.05) is 6.54 Å². The van der Waals surface area contributed by atoms with Gasteiger partial charge >= 0.3 is 5.97 Å². The minimum absolute atomic E-state index is 0.0645. The highest BCUT2D eigenvalue weighted by Crippen LogP contribution is 2.11. The van der Waals surface area contributed by atoms with Gasteiger partial charge in [-0.15, -0.1) is 0 Å². The molecule has 3 heteroatoms. The largest absolute Gasteiger partial charge is 0.480 e. The van der Waals surface area contributed by atoms with Crippen LogP contribution in [0.4, 0.5) is 0 Å². The molecule has 1 unspecified atom stereocenters. The summed E-state index contributed by atoms with van der Waals surface area (Å²) in [5.74, 6) is -0.782. The zero-order valence-electron chi connectivity index (χ0n) is 7.83. The summed E-state index contributed by atoms with van der Waals surface area (Å²) in [4.78, 5) is 10.3. The minimum Gasteiger partial charge on any atom is -0.480 e. The predicted molar refractivity (Wildman–Crippen MR) is 51.7 cm³/mol. The lowest BCUT2D eigenvalue weighted by Gasteiger charge is -2.15. The van der Waals surface area contributed by atoms with Gasteiger partial charge in [0.2, 0.25) is 0 Å².